The Morgan fingerprint density at radius 1 is 1.29 bits per heavy atom. The molecule has 0 unspecified atom stereocenters. The van der Waals surface area contributed by atoms with E-state index in [-0.39, 0.29) is 5.82 Å². The molecule has 0 radical (unpaired) electrons. The molecule has 0 saturated carbocycles. The average molecular weight is 272 g/mol. The van der Waals surface area contributed by atoms with Crippen molar-refractivity contribution in [2.24, 2.45) is 0 Å². The van der Waals surface area contributed by atoms with Crippen LogP contribution in [0.15, 0.2) is 0 Å². The summed E-state index contributed by atoms with van der Waals surface area (Å²) in [7, 11) is 0. The predicted octanol–water partition coefficient (Wildman–Crippen LogP) is 2.30. The topological polar surface area (TPSA) is 30.7 Å². The van der Waals surface area contributed by atoms with Gasteiger partial charge in [0.05, 0.1) is 5.33 Å². The highest BCUT2D eigenvalue weighted by molar-refractivity contribution is 9.08. The van der Waals surface area contributed by atoms with Crippen molar-refractivity contribution in [1.82, 2.24) is 14.8 Å². The molecule has 1 rings (SSSR count). The highest BCUT2D eigenvalue weighted by Gasteiger charge is 2.31. The Morgan fingerprint density at radius 3 is 2.29 bits per heavy atom. The van der Waals surface area contributed by atoms with Crippen molar-refractivity contribution in [2.45, 2.75) is 31.4 Å². The van der Waals surface area contributed by atoms with Crippen LogP contribution in [0.3, 0.4) is 0 Å². The fraction of sp³-hybridized carbons (Fsp3) is 0.714. The van der Waals surface area contributed by atoms with Gasteiger partial charge in [0.1, 0.15) is 18.1 Å². The third-order valence-corrected chi connectivity index (χ3v) is 2.20. The molecule has 0 aliphatic carbocycles. The van der Waals surface area contributed by atoms with Crippen LogP contribution in [0.5, 0.6) is 0 Å². The molecular formula is C7H9BrF3N3. The predicted molar refractivity (Wildman–Crippen MR) is 48.1 cm³/mol. The molecule has 0 spiro atoms. The first kappa shape index (κ1) is 11.5. The van der Waals surface area contributed by atoms with Gasteiger partial charge in [0.25, 0.3) is 0 Å². The maximum atomic E-state index is 12.1. The summed E-state index contributed by atoms with van der Waals surface area (Å²) in [6.45, 7) is 2.20. The van der Waals surface area contributed by atoms with Crippen LogP contribution >= 0.6 is 15.9 Å². The normalized spacial score (nSPS) is 12.1. The largest absolute Gasteiger partial charge is 0.396 e. The van der Waals surface area contributed by atoms with E-state index in [0.717, 1.165) is 0 Å². The SMILES string of the molecule is CCn1c(CBr)nnc1CC(F)(F)F. The van der Waals surface area contributed by atoms with Crippen molar-refractivity contribution in [2.75, 3.05) is 0 Å². The second-order valence-electron chi connectivity index (χ2n) is 2.70. The Hall–Kier alpha value is -0.590. The number of hydrogen-bond acceptors (Lipinski definition) is 2. The van der Waals surface area contributed by atoms with Crippen molar-refractivity contribution in [1.29, 1.82) is 0 Å². The summed E-state index contributed by atoms with van der Waals surface area (Å²) in [4.78, 5) is 0. The smallest absolute Gasteiger partial charge is 0.314 e. The number of halogens is 4. The molecule has 0 bridgehead atoms. The van der Waals surface area contributed by atoms with Gasteiger partial charge in [0, 0.05) is 6.54 Å². The molecule has 0 aliphatic rings. The summed E-state index contributed by atoms with van der Waals surface area (Å²) >= 11 is 3.14. The van der Waals surface area contributed by atoms with Crippen LogP contribution in [-0.4, -0.2) is 20.9 Å². The third kappa shape index (κ3) is 2.70. The van der Waals surface area contributed by atoms with Gasteiger partial charge in [0.15, 0.2) is 0 Å². The minimum absolute atomic E-state index is 0.0329. The lowest BCUT2D eigenvalue weighted by molar-refractivity contribution is -0.129. The zero-order valence-electron chi connectivity index (χ0n) is 7.47. The van der Waals surface area contributed by atoms with Crippen molar-refractivity contribution in [3.05, 3.63) is 11.6 Å². The lowest BCUT2D eigenvalue weighted by atomic mass is 10.4. The van der Waals surface area contributed by atoms with Gasteiger partial charge >= 0.3 is 6.18 Å². The molecule has 0 saturated heterocycles. The van der Waals surface area contributed by atoms with Crippen LogP contribution in [0.2, 0.25) is 0 Å². The van der Waals surface area contributed by atoms with E-state index >= 15 is 0 Å². The Kier molecular flexibility index (Phi) is 3.52. The van der Waals surface area contributed by atoms with Gasteiger partial charge < -0.3 is 4.57 Å². The van der Waals surface area contributed by atoms with Gasteiger partial charge in [-0.3, -0.25) is 0 Å². The highest BCUT2D eigenvalue weighted by Crippen LogP contribution is 2.21. The first-order valence-electron chi connectivity index (χ1n) is 4.01. The molecule has 7 heteroatoms. The quantitative estimate of drug-likeness (QED) is 0.790. The molecule has 0 fully saturated rings. The van der Waals surface area contributed by atoms with Crippen LogP contribution in [0.4, 0.5) is 13.2 Å². The van der Waals surface area contributed by atoms with E-state index in [9.17, 15) is 13.2 Å². The van der Waals surface area contributed by atoms with Crippen LogP contribution in [-0.2, 0) is 18.3 Å². The molecule has 0 aromatic carbocycles. The minimum Gasteiger partial charge on any atom is -0.314 e. The van der Waals surface area contributed by atoms with Gasteiger partial charge in [-0.1, -0.05) is 15.9 Å². The Morgan fingerprint density at radius 2 is 1.86 bits per heavy atom. The van der Waals surface area contributed by atoms with Crippen molar-refractivity contribution >= 4 is 15.9 Å². The van der Waals surface area contributed by atoms with Crippen molar-refractivity contribution in [3.63, 3.8) is 0 Å². The molecule has 14 heavy (non-hydrogen) atoms. The Bertz CT molecular complexity index is 308. The summed E-state index contributed by atoms with van der Waals surface area (Å²) in [6, 6.07) is 0. The third-order valence-electron chi connectivity index (χ3n) is 1.70. The molecule has 0 N–H and O–H groups in total. The van der Waals surface area contributed by atoms with Crippen LogP contribution in [0.1, 0.15) is 18.6 Å². The number of nitrogens with zero attached hydrogens (tertiary/aromatic N) is 3. The Labute approximate surface area is 87.4 Å². The van der Waals surface area contributed by atoms with E-state index < -0.39 is 12.6 Å². The molecule has 1 aromatic rings. The van der Waals surface area contributed by atoms with E-state index in [1.807, 2.05) is 0 Å². The molecular weight excluding hydrogens is 263 g/mol. The summed E-state index contributed by atoms with van der Waals surface area (Å²) in [6.07, 6.45) is -5.26. The first-order chi connectivity index (χ1) is 6.48. The zero-order valence-corrected chi connectivity index (χ0v) is 9.06. The van der Waals surface area contributed by atoms with Gasteiger partial charge in [-0.15, -0.1) is 10.2 Å². The summed E-state index contributed by atoms with van der Waals surface area (Å²) < 4.78 is 37.7. The van der Waals surface area contributed by atoms with Gasteiger partial charge in [-0.05, 0) is 6.92 Å². The molecule has 0 atom stereocenters. The van der Waals surface area contributed by atoms with E-state index in [0.29, 0.717) is 17.7 Å². The fourth-order valence-electron chi connectivity index (χ4n) is 1.15. The van der Waals surface area contributed by atoms with E-state index in [1.54, 1.807) is 6.92 Å². The van der Waals surface area contributed by atoms with Crippen molar-refractivity contribution in [3.8, 4) is 0 Å². The van der Waals surface area contributed by atoms with Crippen LogP contribution in [0, 0.1) is 0 Å². The maximum absolute atomic E-state index is 12.1. The van der Waals surface area contributed by atoms with Gasteiger partial charge in [0.2, 0.25) is 0 Å². The van der Waals surface area contributed by atoms with Gasteiger partial charge in [-0.2, -0.15) is 13.2 Å². The lowest BCUT2D eigenvalue weighted by Gasteiger charge is -2.07. The van der Waals surface area contributed by atoms with E-state index in [4.69, 9.17) is 0 Å². The molecule has 0 aliphatic heterocycles. The van der Waals surface area contributed by atoms with E-state index in [1.165, 1.54) is 4.57 Å². The number of rotatable bonds is 3. The molecule has 0 amide bonds. The minimum atomic E-state index is -4.23. The summed E-state index contributed by atoms with van der Waals surface area (Å²) in [5, 5.41) is 7.57. The monoisotopic (exact) mass is 271 g/mol. The summed E-state index contributed by atoms with van der Waals surface area (Å²) in [5.74, 6) is 0.487. The second-order valence-corrected chi connectivity index (χ2v) is 3.26. The standard InChI is InChI=1S/C7H9BrF3N3/c1-2-14-5(3-7(9,10)11)12-13-6(14)4-8/h2-4H2,1H3. The van der Waals surface area contributed by atoms with Gasteiger partial charge in [-0.25, -0.2) is 0 Å². The fourth-order valence-corrected chi connectivity index (χ4v) is 1.56. The first-order valence-corrected chi connectivity index (χ1v) is 5.13. The number of alkyl halides is 4. The molecule has 1 aromatic heterocycles. The molecule has 80 valence electrons. The molecule has 1 heterocycles. The van der Waals surface area contributed by atoms with Crippen LogP contribution in [0.25, 0.3) is 0 Å². The van der Waals surface area contributed by atoms with E-state index in [2.05, 4.69) is 26.1 Å². The molecule has 3 nitrogen and oxygen atoms in total. The number of aromatic nitrogens is 3. The summed E-state index contributed by atoms with van der Waals surface area (Å²) in [5.41, 5.74) is 0. The highest BCUT2D eigenvalue weighted by atomic mass is 79.9. The number of hydrogen-bond donors (Lipinski definition) is 0. The second kappa shape index (κ2) is 4.29. The Balaban J connectivity index is 2.92. The zero-order chi connectivity index (χ0) is 10.8. The lowest BCUT2D eigenvalue weighted by Crippen LogP contribution is -2.16. The average Bonchev–Trinajstić information content (AvgIpc) is 2.43. The van der Waals surface area contributed by atoms with Crippen LogP contribution < -0.4 is 0 Å². The maximum Gasteiger partial charge on any atom is 0.396 e. The van der Waals surface area contributed by atoms with Crippen molar-refractivity contribution < 1.29 is 13.2 Å².